The molecule has 1 saturated carbocycles. The van der Waals surface area contributed by atoms with Crippen LogP contribution < -0.4 is 10.6 Å². The molecule has 21 heavy (non-hydrogen) atoms. The first-order valence-electron chi connectivity index (χ1n) is 8.64. The fourth-order valence-corrected chi connectivity index (χ4v) is 4.32. The summed E-state index contributed by atoms with van der Waals surface area (Å²) in [6.45, 7) is 13.1. The molecule has 1 aliphatic carbocycles. The van der Waals surface area contributed by atoms with E-state index in [1.54, 1.807) is 0 Å². The fraction of sp³-hybridized carbons (Fsp3) is 0.941. The van der Waals surface area contributed by atoms with Crippen LogP contribution in [0.25, 0.3) is 0 Å². The monoisotopic (exact) mass is 295 g/mol. The van der Waals surface area contributed by atoms with Crippen molar-refractivity contribution in [1.29, 1.82) is 0 Å². The van der Waals surface area contributed by atoms with Gasteiger partial charge in [0.15, 0.2) is 0 Å². The molecule has 2 fully saturated rings. The van der Waals surface area contributed by atoms with Crippen molar-refractivity contribution in [3.63, 3.8) is 0 Å². The second kappa shape index (κ2) is 7.59. The van der Waals surface area contributed by atoms with Crippen LogP contribution in [0.2, 0.25) is 0 Å². The van der Waals surface area contributed by atoms with E-state index in [0.717, 1.165) is 51.6 Å². The second-order valence-electron chi connectivity index (χ2n) is 7.93. The number of hydrogen-bond acceptors (Lipinski definition) is 3. The summed E-state index contributed by atoms with van der Waals surface area (Å²) in [5.74, 6) is 1.58. The summed E-state index contributed by atoms with van der Waals surface area (Å²) in [5, 5.41) is 6.47. The van der Waals surface area contributed by atoms with Crippen molar-refractivity contribution in [3.8, 4) is 0 Å². The van der Waals surface area contributed by atoms with Crippen LogP contribution in [0.3, 0.4) is 0 Å². The van der Waals surface area contributed by atoms with Gasteiger partial charge in [0.2, 0.25) is 5.91 Å². The number of carbonyl (C=O) groups is 1. The minimum Gasteiger partial charge on any atom is -0.355 e. The van der Waals surface area contributed by atoms with E-state index >= 15 is 0 Å². The number of piperazine rings is 1. The molecule has 122 valence electrons. The summed E-state index contributed by atoms with van der Waals surface area (Å²) in [7, 11) is 0. The first kappa shape index (κ1) is 16.8. The lowest BCUT2D eigenvalue weighted by atomic mass is 9.67. The van der Waals surface area contributed by atoms with Gasteiger partial charge in [0.25, 0.3) is 0 Å². The minimum atomic E-state index is 0.250. The zero-order valence-corrected chi connectivity index (χ0v) is 14.1. The van der Waals surface area contributed by atoms with Crippen LogP contribution in [0.1, 0.15) is 46.5 Å². The maximum Gasteiger partial charge on any atom is 0.220 e. The molecule has 0 aromatic carbocycles. The van der Waals surface area contributed by atoms with Crippen LogP contribution in [-0.4, -0.2) is 50.1 Å². The van der Waals surface area contributed by atoms with Crippen LogP contribution in [-0.2, 0) is 4.79 Å². The van der Waals surface area contributed by atoms with E-state index in [1.807, 2.05) is 0 Å². The highest BCUT2D eigenvalue weighted by molar-refractivity contribution is 5.76. The Labute approximate surface area is 130 Å². The third-order valence-corrected chi connectivity index (χ3v) is 4.91. The molecular weight excluding hydrogens is 262 g/mol. The molecule has 2 aliphatic rings. The van der Waals surface area contributed by atoms with E-state index in [-0.39, 0.29) is 5.91 Å². The summed E-state index contributed by atoms with van der Waals surface area (Å²) >= 11 is 0. The summed E-state index contributed by atoms with van der Waals surface area (Å²) in [4.78, 5) is 14.5. The normalized spacial score (nSPS) is 30.0. The third-order valence-electron chi connectivity index (χ3n) is 4.91. The molecule has 0 bridgehead atoms. The molecule has 4 nitrogen and oxygen atoms in total. The number of hydrogen-bond donors (Lipinski definition) is 2. The molecule has 0 spiro atoms. The summed E-state index contributed by atoms with van der Waals surface area (Å²) in [6, 6.07) is 0. The zero-order valence-electron chi connectivity index (χ0n) is 14.1. The van der Waals surface area contributed by atoms with Crippen LogP contribution in [0.5, 0.6) is 0 Å². The number of carbonyl (C=O) groups excluding carboxylic acids is 1. The van der Waals surface area contributed by atoms with Crippen LogP contribution in [0.15, 0.2) is 0 Å². The number of rotatable bonds is 5. The molecule has 1 saturated heterocycles. The maximum atomic E-state index is 12.1. The lowest BCUT2D eigenvalue weighted by Gasteiger charge is -2.38. The van der Waals surface area contributed by atoms with Gasteiger partial charge in [0.1, 0.15) is 0 Å². The summed E-state index contributed by atoms with van der Waals surface area (Å²) < 4.78 is 0. The average Bonchev–Trinajstić information content (AvgIpc) is 2.37. The second-order valence-corrected chi connectivity index (χ2v) is 7.93. The molecule has 2 rings (SSSR count). The molecule has 4 heteroatoms. The molecule has 1 amide bonds. The van der Waals surface area contributed by atoms with E-state index < -0.39 is 0 Å². The van der Waals surface area contributed by atoms with Gasteiger partial charge in [-0.15, -0.1) is 0 Å². The SMILES string of the molecule is CC1CC(CC(=O)NCCN2CCNCC2)CC(C)(C)C1. The fourth-order valence-electron chi connectivity index (χ4n) is 4.32. The van der Waals surface area contributed by atoms with E-state index in [0.29, 0.717) is 11.3 Å². The molecule has 0 aromatic heterocycles. The Bertz CT molecular complexity index is 337. The number of amides is 1. The van der Waals surface area contributed by atoms with E-state index in [9.17, 15) is 4.79 Å². The van der Waals surface area contributed by atoms with Gasteiger partial charge in [-0.25, -0.2) is 0 Å². The van der Waals surface area contributed by atoms with Crippen molar-refractivity contribution in [2.75, 3.05) is 39.3 Å². The van der Waals surface area contributed by atoms with Gasteiger partial charge < -0.3 is 10.6 Å². The standard InChI is InChI=1S/C17H33N3O/c1-14-10-15(13-17(2,3)12-14)11-16(21)19-6-9-20-7-4-18-5-8-20/h14-15,18H,4-13H2,1-3H3,(H,19,21). The third kappa shape index (κ3) is 5.95. The van der Waals surface area contributed by atoms with Gasteiger partial charge in [0, 0.05) is 45.7 Å². The van der Waals surface area contributed by atoms with E-state index in [2.05, 4.69) is 36.3 Å². The van der Waals surface area contributed by atoms with Crippen molar-refractivity contribution in [3.05, 3.63) is 0 Å². The highest BCUT2D eigenvalue weighted by Crippen LogP contribution is 2.42. The maximum absolute atomic E-state index is 12.1. The summed E-state index contributed by atoms with van der Waals surface area (Å²) in [5.41, 5.74) is 0.406. The van der Waals surface area contributed by atoms with Crippen molar-refractivity contribution < 1.29 is 4.79 Å². The Balaban J connectivity index is 1.64. The van der Waals surface area contributed by atoms with Crippen LogP contribution >= 0.6 is 0 Å². The van der Waals surface area contributed by atoms with E-state index in [1.165, 1.54) is 19.3 Å². The minimum absolute atomic E-state index is 0.250. The molecule has 0 aromatic rings. The average molecular weight is 295 g/mol. The van der Waals surface area contributed by atoms with Crippen LogP contribution in [0, 0.1) is 17.3 Å². The number of nitrogens with zero attached hydrogens (tertiary/aromatic N) is 1. The lowest BCUT2D eigenvalue weighted by molar-refractivity contribution is -0.122. The van der Waals surface area contributed by atoms with Crippen LogP contribution in [0.4, 0.5) is 0 Å². The predicted molar refractivity (Wildman–Crippen MR) is 87.2 cm³/mol. The highest BCUT2D eigenvalue weighted by Gasteiger charge is 2.32. The van der Waals surface area contributed by atoms with Gasteiger partial charge in [-0.3, -0.25) is 9.69 Å². The van der Waals surface area contributed by atoms with Gasteiger partial charge >= 0.3 is 0 Å². The molecule has 0 radical (unpaired) electrons. The van der Waals surface area contributed by atoms with Crippen molar-refractivity contribution in [1.82, 2.24) is 15.5 Å². The highest BCUT2D eigenvalue weighted by atomic mass is 16.1. The predicted octanol–water partition coefficient (Wildman–Crippen LogP) is 1.86. The first-order chi connectivity index (χ1) is 9.94. The van der Waals surface area contributed by atoms with Gasteiger partial charge in [-0.05, 0) is 36.5 Å². The molecule has 2 N–H and O–H groups in total. The van der Waals surface area contributed by atoms with E-state index in [4.69, 9.17) is 0 Å². The summed E-state index contributed by atoms with van der Waals surface area (Å²) in [6.07, 6.45) is 4.43. The van der Waals surface area contributed by atoms with Gasteiger partial charge in [-0.1, -0.05) is 20.8 Å². The largest absolute Gasteiger partial charge is 0.355 e. The quantitative estimate of drug-likeness (QED) is 0.814. The lowest BCUT2D eigenvalue weighted by Crippen LogP contribution is -2.46. The van der Waals surface area contributed by atoms with Crippen molar-refractivity contribution in [2.45, 2.75) is 46.5 Å². The smallest absolute Gasteiger partial charge is 0.220 e. The van der Waals surface area contributed by atoms with Gasteiger partial charge in [-0.2, -0.15) is 0 Å². The molecule has 2 atom stereocenters. The Hall–Kier alpha value is -0.610. The number of nitrogens with one attached hydrogen (secondary N) is 2. The van der Waals surface area contributed by atoms with Crippen molar-refractivity contribution in [2.24, 2.45) is 17.3 Å². The topological polar surface area (TPSA) is 44.4 Å². The zero-order chi connectivity index (χ0) is 15.3. The molecule has 1 heterocycles. The molecular formula is C17H33N3O. The Morgan fingerprint density at radius 1 is 1.29 bits per heavy atom. The Kier molecular flexibility index (Phi) is 6.06. The molecule has 1 aliphatic heterocycles. The Morgan fingerprint density at radius 3 is 2.67 bits per heavy atom. The Morgan fingerprint density at radius 2 is 2.00 bits per heavy atom. The van der Waals surface area contributed by atoms with Crippen molar-refractivity contribution >= 4 is 5.91 Å². The first-order valence-corrected chi connectivity index (χ1v) is 8.64. The molecule has 2 unspecified atom stereocenters. The van der Waals surface area contributed by atoms with Gasteiger partial charge in [0.05, 0.1) is 0 Å².